The van der Waals surface area contributed by atoms with E-state index in [9.17, 15) is 4.79 Å². The Balaban J connectivity index is 2.09. The van der Waals surface area contributed by atoms with Gasteiger partial charge >= 0.3 is 0 Å². The summed E-state index contributed by atoms with van der Waals surface area (Å²) in [6, 6.07) is 0. The van der Waals surface area contributed by atoms with Crippen LogP contribution in [0.1, 0.15) is 13.3 Å². The predicted octanol–water partition coefficient (Wildman–Crippen LogP) is 0.442. The summed E-state index contributed by atoms with van der Waals surface area (Å²) < 4.78 is 9.99. The Morgan fingerprint density at radius 3 is 3.00 bits per heavy atom. The quantitative estimate of drug-likeness (QED) is 0.371. The summed E-state index contributed by atoms with van der Waals surface area (Å²) in [6.07, 6.45) is 1.07. The Bertz CT molecular complexity index is 199. The second-order valence-corrected chi connectivity index (χ2v) is 2.94. The predicted molar refractivity (Wildman–Crippen MR) is 48.1 cm³/mol. The van der Waals surface area contributed by atoms with E-state index in [4.69, 9.17) is 9.47 Å². The van der Waals surface area contributed by atoms with E-state index >= 15 is 0 Å². The van der Waals surface area contributed by atoms with Crippen LogP contribution in [-0.2, 0) is 14.3 Å². The van der Waals surface area contributed by atoms with E-state index < -0.39 is 0 Å². The van der Waals surface area contributed by atoms with Crippen molar-refractivity contribution in [1.82, 2.24) is 5.32 Å². The highest BCUT2D eigenvalue weighted by Crippen LogP contribution is 2.06. The van der Waals surface area contributed by atoms with Crippen molar-refractivity contribution in [2.24, 2.45) is 0 Å². The standard InChI is InChI=1S/C9H15NO3/c1-3-4-12-7(2)9(11)10-5-8-6-13-8/h8H,2-6H2,1H3,(H,10,11). The lowest BCUT2D eigenvalue weighted by atomic mass is 10.4. The summed E-state index contributed by atoms with van der Waals surface area (Å²) in [5.41, 5.74) is 0. The van der Waals surface area contributed by atoms with Gasteiger partial charge in [-0.05, 0) is 6.42 Å². The van der Waals surface area contributed by atoms with Gasteiger partial charge < -0.3 is 14.8 Å². The van der Waals surface area contributed by atoms with Crippen LogP contribution in [0.3, 0.4) is 0 Å². The SMILES string of the molecule is C=C(OCCC)C(=O)NCC1CO1. The van der Waals surface area contributed by atoms with Crippen LogP contribution in [0, 0.1) is 0 Å². The molecule has 1 fully saturated rings. The lowest BCUT2D eigenvalue weighted by Gasteiger charge is -2.07. The number of carbonyl (C=O) groups is 1. The molecule has 0 aromatic heterocycles. The average molecular weight is 185 g/mol. The van der Waals surface area contributed by atoms with Gasteiger partial charge in [-0.3, -0.25) is 4.79 Å². The van der Waals surface area contributed by atoms with E-state index in [1.54, 1.807) is 0 Å². The Morgan fingerprint density at radius 1 is 1.77 bits per heavy atom. The normalized spacial score (nSPS) is 19.3. The number of rotatable bonds is 6. The number of hydrogen-bond acceptors (Lipinski definition) is 3. The zero-order valence-corrected chi connectivity index (χ0v) is 7.84. The summed E-state index contributed by atoms with van der Waals surface area (Å²) in [7, 11) is 0. The number of ether oxygens (including phenoxy) is 2. The van der Waals surface area contributed by atoms with Crippen LogP contribution in [0.4, 0.5) is 0 Å². The summed E-state index contributed by atoms with van der Waals surface area (Å²) in [5, 5.41) is 2.66. The van der Waals surface area contributed by atoms with Gasteiger partial charge in [-0.2, -0.15) is 0 Å². The molecule has 0 spiro atoms. The first kappa shape index (κ1) is 10.1. The fraction of sp³-hybridized carbons (Fsp3) is 0.667. The van der Waals surface area contributed by atoms with Crippen LogP contribution in [0.15, 0.2) is 12.3 Å². The number of epoxide rings is 1. The van der Waals surface area contributed by atoms with Crippen molar-refractivity contribution < 1.29 is 14.3 Å². The smallest absolute Gasteiger partial charge is 0.285 e. The van der Waals surface area contributed by atoms with Crippen molar-refractivity contribution in [3.63, 3.8) is 0 Å². The second-order valence-electron chi connectivity index (χ2n) is 2.94. The molecule has 1 heterocycles. The molecule has 1 rings (SSSR count). The molecule has 1 aliphatic heterocycles. The fourth-order valence-electron chi connectivity index (χ4n) is 0.782. The third-order valence-corrected chi connectivity index (χ3v) is 1.63. The largest absolute Gasteiger partial charge is 0.488 e. The highest BCUT2D eigenvalue weighted by Gasteiger charge is 2.23. The van der Waals surface area contributed by atoms with Gasteiger partial charge in [0.15, 0.2) is 5.76 Å². The van der Waals surface area contributed by atoms with E-state index in [0.717, 1.165) is 13.0 Å². The molecule has 0 aromatic rings. The third kappa shape index (κ3) is 3.94. The molecule has 4 nitrogen and oxygen atoms in total. The topological polar surface area (TPSA) is 50.9 Å². The van der Waals surface area contributed by atoms with Crippen LogP contribution in [-0.4, -0.2) is 31.8 Å². The summed E-state index contributed by atoms with van der Waals surface area (Å²) in [6.45, 7) is 7.31. The zero-order chi connectivity index (χ0) is 9.68. The first-order valence-corrected chi connectivity index (χ1v) is 4.45. The summed E-state index contributed by atoms with van der Waals surface area (Å²) in [4.78, 5) is 11.2. The van der Waals surface area contributed by atoms with E-state index in [2.05, 4.69) is 11.9 Å². The van der Waals surface area contributed by atoms with Gasteiger partial charge in [0.1, 0.15) is 0 Å². The molecule has 1 saturated heterocycles. The lowest BCUT2D eigenvalue weighted by Crippen LogP contribution is -2.29. The average Bonchev–Trinajstić information content (AvgIpc) is 2.93. The number of carbonyl (C=O) groups excluding carboxylic acids is 1. The van der Waals surface area contributed by atoms with Gasteiger partial charge in [0.25, 0.3) is 5.91 Å². The van der Waals surface area contributed by atoms with Crippen LogP contribution in [0.5, 0.6) is 0 Å². The molecular formula is C9H15NO3. The lowest BCUT2D eigenvalue weighted by molar-refractivity contribution is -0.120. The molecule has 0 radical (unpaired) electrons. The fourth-order valence-corrected chi connectivity index (χ4v) is 0.782. The monoisotopic (exact) mass is 185 g/mol. The van der Waals surface area contributed by atoms with Gasteiger partial charge in [0.2, 0.25) is 0 Å². The van der Waals surface area contributed by atoms with Crippen molar-refractivity contribution in [1.29, 1.82) is 0 Å². The van der Waals surface area contributed by atoms with Crippen molar-refractivity contribution >= 4 is 5.91 Å². The number of hydrogen-bond donors (Lipinski definition) is 1. The molecule has 0 aromatic carbocycles. The van der Waals surface area contributed by atoms with Crippen LogP contribution in [0.2, 0.25) is 0 Å². The molecule has 1 N–H and O–H groups in total. The van der Waals surface area contributed by atoms with Crippen LogP contribution in [0.25, 0.3) is 0 Å². The number of amides is 1. The van der Waals surface area contributed by atoms with Gasteiger partial charge in [0, 0.05) is 6.54 Å². The summed E-state index contributed by atoms with van der Waals surface area (Å²) >= 11 is 0. The highest BCUT2D eigenvalue weighted by atomic mass is 16.6. The maximum absolute atomic E-state index is 11.2. The third-order valence-electron chi connectivity index (χ3n) is 1.63. The van der Waals surface area contributed by atoms with Gasteiger partial charge in [-0.1, -0.05) is 13.5 Å². The molecule has 74 valence electrons. The first-order chi connectivity index (χ1) is 6.24. The van der Waals surface area contributed by atoms with Crippen molar-refractivity contribution in [3.8, 4) is 0 Å². The minimum atomic E-state index is -0.246. The van der Waals surface area contributed by atoms with Crippen molar-refractivity contribution in [3.05, 3.63) is 12.3 Å². The van der Waals surface area contributed by atoms with E-state index in [0.29, 0.717) is 13.2 Å². The molecule has 1 amide bonds. The maximum Gasteiger partial charge on any atom is 0.285 e. The Kier molecular flexibility index (Phi) is 3.76. The first-order valence-electron chi connectivity index (χ1n) is 4.45. The van der Waals surface area contributed by atoms with E-state index in [1.165, 1.54) is 0 Å². The summed E-state index contributed by atoms with van der Waals surface area (Å²) in [5.74, 6) is -0.0635. The van der Waals surface area contributed by atoms with E-state index in [-0.39, 0.29) is 17.8 Å². The van der Waals surface area contributed by atoms with Gasteiger partial charge in [0.05, 0.1) is 19.3 Å². The molecule has 4 heteroatoms. The molecule has 1 aliphatic rings. The Morgan fingerprint density at radius 2 is 2.46 bits per heavy atom. The minimum absolute atomic E-state index is 0.183. The second kappa shape index (κ2) is 4.87. The highest BCUT2D eigenvalue weighted by molar-refractivity contribution is 5.90. The molecule has 1 atom stereocenters. The molecule has 0 bridgehead atoms. The Labute approximate surface area is 77.9 Å². The molecule has 0 aliphatic carbocycles. The Hall–Kier alpha value is -1.03. The van der Waals surface area contributed by atoms with Crippen LogP contribution >= 0.6 is 0 Å². The van der Waals surface area contributed by atoms with E-state index in [1.807, 2.05) is 6.92 Å². The molecule has 0 saturated carbocycles. The molecule has 1 unspecified atom stereocenters. The molecule has 13 heavy (non-hydrogen) atoms. The van der Waals surface area contributed by atoms with Gasteiger partial charge in [-0.25, -0.2) is 0 Å². The maximum atomic E-state index is 11.2. The van der Waals surface area contributed by atoms with Gasteiger partial charge in [-0.15, -0.1) is 0 Å². The zero-order valence-electron chi connectivity index (χ0n) is 7.84. The minimum Gasteiger partial charge on any atom is -0.488 e. The number of nitrogens with one attached hydrogen (secondary N) is 1. The van der Waals surface area contributed by atoms with Crippen LogP contribution < -0.4 is 5.32 Å². The molecular weight excluding hydrogens is 170 g/mol. The van der Waals surface area contributed by atoms with Crippen molar-refractivity contribution in [2.45, 2.75) is 19.4 Å². The van der Waals surface area contributed by atoms with Crippen molar-refractivity contribution in [2.75, 3.05) is 19.8 Å².